The summed E-state index contributed by atoms with van der Waals surface area (Å²) in [4.78, 5) is 0. The number of halogens is 1. The zero-order valence-corrected chi connectivity index (χ0v) is 11.0. The number of hydrogen-bond acceptors (Lipinski definition) is 3. The minimum atomic E-state index is 0.583. The van der Waals surface area contributed by atoms with Gasteiger partial charge in [0.15, 0.2) is 0 Å². The van der Waals surface area contributed by atoms with Crippen molar-refractivity contribution in [3.8, 4) is 5.88 Å². The number of nitrogens with zero attached hydrogens (tertiary/aromatic N) is 2. The lowest BCUT2D eigenvalue weighted by atomic mass is 10.2. The molecule has 0 radical (unpaired) electrons. The quantitative estimate of drug-likeness (QED) is 0.901. The molecule has 0 spiro atoms. The average Bonchev–Trinajstić information content (AvgIpc) is 2.72. The summed E-state index contributed by atoms with van der Waals surface area (Å²) in [5.74, 6) is 0.764. The normalized spacial score (nSPS) is 10.6. The van der Waals surface area contributed by atoms with Gasteiger partial charge in [-0.25, -0.2) is 4.68 Å². The van der Waals surface area contributed by atoms with E-state index in [1.54, 1.807) is 13.3 Å². The molecule has 1 aromatic carbocycles. The summed E-state index contributed by atoms with van der Waals surface area (Å²) in [6.45, 7) is 1.22. The van der Waals surface area contributed by atoms with Crippen LogP contribution in [-0.4, -0.2) is 23.4 Å². The van der Waals surface area contributed by atoms with E-state index in [4.69, 9.17) is 22.1 Å². The van der Waals surface area contributed by atoms with E-state index in [0.29, 0.717) is 13.1 Å². The highest BCUT2D eigenvalue weighted by molar-refractivity contribution is 6.30. The van der Waals surface area contributed by atoms with Crippen LogP contribution in [0.5, 0.6) is 5.88 Å². The third-order valence-electron chi connectivity index (χ3n) is 2.69. The summed E-state index contributed by atoms with van der Waals surface area (Å²) in [6.07, 6.45) is 2.56. The Morgan fingerprint density at radius 1 is 1.44 bits per heavy atom. The molecule has 0 bridgehead atoms. The summed E-state index contributed by atoms with van der Waals surface area (Å²) in [5.41, 5.74) is 7.67. The highest BCUT2D eigenvalue weighted by atomic mass is 35.5. The lowest BCUT2D eigenvalue weighted by Crippen LogP contribution is -2.07. The first kappa shape index (κ1) is 12.9. The Labute approximate surface area is 111 Å². The van der Waals surface area contributed by atoms with E-state index in [1.807, 2.05) is 28.9 Å². The van der Waals surface area contributed by atoms with Crippen LogP contribution in [0, 0.1) is 0 Å². The largest absolute Gasteiger partial charge is 0.481 e. The van der Waals surface area contributed by atoms with Gasteiger partial charge in [-0.1, -0.05) is 23.7 Å². The zero-order valence-electron chi connectivity index (χ0n) is 10.3. The fourth-order valence-electron chi connectivity index (χ4n) is 1.90. The minimum absolute atomic E-state index is 0.583. The van der Waals surface area contributed by atoms with E-state index in [0.717, 1.165) is 28.5 Å². The molecule has 2 rings (SSSR count). The highest BCUT2D eigenvalue weighted by Gasteiger charge is 2.10. The van der Waals surface area contributed by atoms with Crippen molar-refractivity contribution in [2.75, 3.05) is 13.7 Å². The van der Waals surface area contributed by atoms with Crippen LogP contribution >= 0.6 is 11.6 Å². The molecule has 0 unspecified atom stereocenters. The van der Waals surface area contributed by atoms with Crippen LogP contribution < -0.4 is 10.5 Å². The fraction of sp³-hybridized carbons (Fsp3) is 0.308. The molecule has 18 heavy (non-hydrogen) atoms. The molecule has 1 heterocycles. The monoisotopic (exact) mass is 265 g/mol. The molecule has 0 saturated heterocycles. The van der Waals surface area contributed by atoms with Gasteiger partial charge in [-0.05, 0) is 30.7 Å². The van der Waals surface area contributed by atoms with E-state index in [1.165, 1.54) is 0 Å². The summed E-state index contributed by atoms with van der Waals surface area (Å²) >= 11 is 5.96. The van der Waals surface area contributed by atoms with Crippen molar-refractivity contribution in [3.63, 3.8) is 0 Å². The topological polar surface area (TPSA) is 53.1 Å². The van der Waals surface area contributed by atoms with Crippen molar-refractivity contribution in [3.05, 3.63) is 46.6 Å². The molecule has 2 N–H and O–H groups in total. The van der Waals surface area contributed by atoms with Crippen LogP contribution in [0.4, 0.5) is 0 Å². The summed E-state index contributed by atoms with van der Waals surface area (Å²) in [6, 6.07) is 7.71. The molecule has 0 saturated carbocycles. The SMILES string of the molecule is COc1c(CCN)cnn1Cc1cccc(Cl)c1. The first-order valence-electron chi connectivity index (χ1n) is 5.77. The second-order valence-electron chi connectivity index (χ2n) is 4.01. The summed E-state index contributed by atoms with van der Waals surface area (Å²) in [5, 5.41) is 5.05. The molecule has 0 atom stereocenters. The smallest absolute Gasteiger partial charge is 0.215 e. The van der Waals surface area contributed by atoms with Crippen molar-refractivity contribution >= 4 is 11.6 Å². The highest BCUT2D eigenvalue weighted by Crippen LogP contribution is 2.20. The standard InChI is InChI=1S/C13H16ClN3O/c1-18-13-11(5-6-15)8-16-17(13)9-10-3-2-4-12(14)7-10/h2-4,7-8H,5-6,9,15H2,1H3. The molecule has 0 aliphatic heterocycles. The van der Waals surface area contributed by atoms with Crippen molar-refractivity contribution in [1.29, 1.82) is 0 Å². The Morgan fingerprint density at radius 3 is 2.94 bits per heavy atom. The second kappa shape index (κ2) is 5.89. The van der Waals surface area contributed by atoms with Crippen LogP contribution in [0.15, 0.2) is 30.5 Å². The van der Waals surface area contributed by atoms with Gasteiger partial charge < -0.3 is 10.5 Å². The first-order valence-corrected chi connectivity index (χ1v) is 6.15. The Kier molecular flexibility index (Phi) is 4.23. The van der Waals surface area contributed by atoms with Gasteiger partial charge in [0, 0.05) is 10.6 Å². The Bertz CT molecular complexity index is 525. The van der Waals surface area contributed by atoms with E-state index < -0.39 is 0 Å². The number of rotatable bonds is 5. The van der Waals surface area contributed by atoms with Gasteiger partial charge in [0.1, 0.15) is 0 Å². The Hall–Kier alpha value is -1.52. The number of ether oxygens (including phenoxy) is 1. The molecule has 1 aromatic heterocycles. The van der Waals surface area contributed by atoms with E-state index in [-0.39, 0.29) is 0 Å². The van der Waals surface area contributed by atoms with Gasteiger partial charge in [0.25, 0.3) is 0 Å². The Balaban J connectivity index is 2.23. The third kappa shape index (κ3) is 2.83. The maximum Gasteiger partial charge on any atom is 0.215 e. The van der Waals surface area contributed by atoms with Crippen molar-refractivity contribution in [2.45, 2.75) is 13.0 Å². The van der Waals surface area contributed by atoms with Gasteiger partial charge >= 0.3 is 0 Å². The molecular formula is C13H16ClN3O. The minimum Gasteiger partial charge on any atom is -0.481 e. The van der Waals surface area contributed by atoms with Crippen molar-refractivity contribution < 1.29 is 4.74 Å². The van der Waals surface area contributed by atoms with E-state index in [9.17, 15) is 0 Å². The van der Waals surface area contributed by atoms with Crippen molar-refractivity contribution in [1.82, 2.24) is 9.78 Å². The molecule has 96 valence electrons. The van der Waals surface area contributed by atoms with Crippen LogP contribution in [0.2, 0.25) is 5.02 Å². The fourth-order valence-corrected chi connectivity index (χ4v) is 2.11. The lowest BCUT2D eigenvalue weighted by Gasteiger charge is -2.08. The predicted octanol–water partition coefficient (Wildman–Crippen LogP) is 2.09. The molecule has 4 nitrogen and oxygen atoms in total. The van der Waals surface area contributed by atoms with E-state index in [2.05, 4.69) is 5.10 Å². The maximum absolute atomic E-state index is 5.96. The number of aromatic nitrogens is 2. The van der Waals surface area contributed by atoms with Gasteiger partial charge in [0.2, 0.25) is 5.88 Å². The van der Waals surface area contributed by atoms with Crippen LogP contribution in [-0.2, 0) is 13.0 Å². The molecule has 0 amide bonds. The number of nitrogens with two attached hydrogens (primary N) is 1. The van der Waals surface area contributed by atoms with Crippen LogP contribution in [0.3, 0.4) is 0 Å². The third-order valence-corrected chi connectivity index (χ3v) is 2.93. The lowest BCUT2D eigenvalue weighted by molar-refractivity contribution is 0.363. The van der Waals surface area contributed by atoms with E-state index >= 15 is 0 Å². The predicted molar refractivity (Wildman–Crippen MR) is 72.1 cm³/mol. The molecule has 0 aliphatic carbocycles. The molecule has 0 aliphatic rings. The first-order chi connectivity index (χ1) is 8.74. The Morgan fingerprint density at radius 2 is 2.28 bits per heavy atom. The van der Waals surface area contributed by atoms with Crippen LogP contribution in [0.1, 0.15) is 11.1 Å². The second-order valence-corrected chi connectivity index (χ2v) is 4.44. The number of hydrogen-bond donors (Lipinski definition) is 1. The van der Waals surface area contributed by atoms with Gasteiger partial charge in [-0.2, -0.15) is 5.10 Å². The number of benzene rings is 1. The molecular weight excluding hydrogens is 250 g/mol. The van der Waals surface area contributed by atoms with Crippen molar-refractivity contribution in [2.24, 2.45) is 5.73 Å². The number of methoxy groups -OCH3 is 1. The zero-order chi connectivity index (χ0) is 13.0. The molecule has 0 fully saturated rings. The summed E-state index contributed by atoms with van der Waals surface area (Å²) < 4.78 is 7.20. The maximum atomic E-state index is 5.96. The van der Waals surface area contributed by atoms with Gasteiger partial charge in [-0.3, -0.25) is 0 Å². The molecule has 2 aromatic rings. The van der Waals surface area contributed by atoms with Gasteiger partial charge in [0.05, 0.1) is 19.9 Å². The average molecular weight is 266 g/mol. The molecule has 5 heteroatoms. The van der Waals surface area contributed by atoms with Gasteiger partial charge in [-0.15, -0.1) is 0 Å². The summed E-state index contributed by atoms with van der Waals surface area (Å²) in [7, 11) is 1.64. The van der Waals surface area contributed by atoms with Crippen LogP contribution in [0.25, 0.3) is 0 Å².